The largest absolute Gasteiger partial charge is 0.379 e. The minimum Gasteiger partial charge on any atom is -0.379 e. The van der Waals surface area contributed by atoms with Crippen LogP contribution in [0.2, 0.25) is 0 Å². The lowest BCUT2D eigenvalue weighted by atomic mass is 10.0. The predicted molar refractivity (Wildman–Crippen MR) is 98.4 cm³/mol. The first-order valence-electron chi connectivity index (χ1n) is 8.49. The van der Waals surface area contributed by atoms with E-state index in [1.54, 1.807) is 11.3 Å². The monoisotopic (exact) mass is 338 g/mol. The maximum atomic E-state index is 5.47. The van der Waals surface area contributed by atoms with Crippen molar-refractivity contribution >= 4 is 17.3 Å². The zero-order chi connectivity index (χ0) is 16.5. The highest BCUT2D eigenvalue weighted by Gasteiger charge is 2.23. The first kappa shape index (κ1) is 18.2. The molecule has 0 amide bonds. The summed E-state index contributed by atoms with van der Waals surface area (Å²) < 4.78 is 5.47. The number of nitrogens with zero attached hydrogens (tertiary/aromatic N) is 2. The third-order valence-corrected chi connectivity index (χ3v) is 5.17. The summed E-state index contributed by atoms with van der Waals surface area (Å²) in [6.07, 6.45) is 1.04. The van der Waals surface area contributed by atoms with Crippen LogP contribution in [0.4, 0.5) is 0 Å². The van der Waals surface area contributed by atoms with Crippen LogP contribution in [-0.4, -0.2) is 63.3 Å². The van der Waals surface area contributed by atoms with Crippen LogP contribution < -0.4 is 10.6 Å². The molecule has 130 valence electrons. The highest BCUT2D eigenvalue weighted by Crippen LogP contribution is 2.12. The number of guanidine groups is 1. The molecule has 0 aliphatic carbocycles. The Kier molecular flexibility index (Phi) is 7.85. The topological polar surface area (TPSA) is 48.9 Å². The van der Waals surface area contributed by atoms with Crippen molar-refractivity contribution in [2.24, 2.45) is 10.9 Å². The molecular weight excluding hydrogens is 308 g/mol. The fourth-order valence-corrected chi connectivity index (χ4v) is 3.59. The van der Waals surface area contributed by atoms with Gasteiger partial charge >= 0.3 is 0 Å². The number of hydrogen-bond acceptors (Lipinski definition) is 4. The van der Waals surface area contributed by atoms with Gasteiger partial charge in [-0.15, -0.1) is 11.3 Å². The van der Waals surface area contributed by atoms with Crippen LogP contribution in [0, 0.1) is 5.92 Å². The Balaban J connectivity index is 1.75. The summed E-state index contributed by atoms with van der Waals surface area (Å²) in [6, 6.07) is 4.79. The van der Waals surface area contributed by atoms with Crippen molar-refractivity contribution in [1.82, 2.24) is 15.5 Å². The number of aliphatic imine (C=N–C) groups is 1. The molecule has 0 bridgehead atoms. The van der Waals surface area contributed by atoms with Gasteiger partial charge in [0.1, 0.15) is 0 Å². The van der Waals surface area contributed by atoms with Gasteiger partial charge in [-0.3, -0.25) is 9.89 Å². The average molecular weight is 339 g/mol. The van der Waals surface area contributed by atoms with Gasteiger partial charge in [0.25, 0.3) is 0 Å². The number of rotatable bonds is 7. The molecule has 1 aliphatic heterocycles. The van der Waals surface area contributed by atoms with Gasteiger partial charge in [0.05, 0.1) is 13.2 Å². The summed E-state index contributed by atoms with van der Waals surface area (Å²) in [5.74, 6) is 1.49. The molecule has 2 N–H and O–H groups in total. The van der Waals surface area contributed by atoms with E-state index in [0.717, 1.165) is 51.8 Å². The summed E-state index contributed by atoms with van der Waals surface area (Å²) in [7, 11) is 1.83. The third-order valence-electron chi connectivity index (χ3n) is 4.23. The Labute approximate surface area is 144 Å². The van der Waals surface area contributed by atoms with Gasteiger partial charge in [0.15, 0.2) is 5.96 Å². The van der Waals surface area contributed by atoms with E-state index in [2.05, 4.69) is 51.9 Å². The number of nitrogens with one attached hydrogen (secondary N) is 2. The summed E-state index contributed by atoms with van der Waals surface area (Å²) in [6.45, 7) is 10.1. The molecule has 6 heteroatoms. The minimum atomic E-state index is 0.509. The maximum Gasteiger partial charge on any atom is 0.191 e. The highest BCUT2D eigenvalue weighted by molar-refractivity contribution is 7.09. The van der Waals surface area contributed by atoms with Crippen LogP contribution in [0.3, 0.4) is 0 Å². The van der Waals surface area contributed by atoms with Crippen molar-refractivity contribution in [2.75, 3.05) is 46.4 Å². The molecule has 2 heterocycles. The molecule has 1 saturated heterocycles. The third kappa shape index (κ3) is 6.12. The Morgan fingerprint density at radius 3 is 2.74 bits per heavy atom. The van der Waals surface area contributed by atoms with Crippen molar-refractivity contribution in [1.29, 1.82) is 0 Å². The van der Waals surface area contributed by atoms with Crippen LogP contribution in [0.1, 0.15) is 18.7 Å². The Bertz CT molecular complexity index is 455. The average Bonchev–Trinajstić information content (AvgIpc) is 3.07. The van der Waals surface area contributed by atoms with Gasteiger partial charge in [-0.05, 0) is 23.8 Å². The minimum absolute atomic E-state index is 0.509. The van der Waals surface area contributed by atoms with E-state index >= 15 is 0 Å². The zero-order valence-corrected chi connectivity index (χ0v) is 15.4. The summed E-state index contributed by atoms with van der Waals surface area (Å²) in [5, 5.41) is 9.02. The molecule has 0 saturated carbocycles. The summed E-state index contributed by atoms with van der Waals surface area (Å²) >= 11 is 1.80. The number of ether oxygens (including phenoxy) is 1. The number of hydrogen-bond donors (Lipinski definition) is 2. The smallest absolute Gasteiger partial charge is 0.191 e. The van der Waals surface area contributed by atoms with Crippen LogP contribution >= 0.6 is 11.3 Å². The van der Waals surface area contributed by atoms with Crippen molar-refractivity contribution in [3.63, 3.8) is 0 Å². The molecular formula is C17H30N4OS. The zero-order valence-electron chi connectivity index (χ0n) is 14.5. The number of morpholine rings is 1. The molecule has 1 aromatic heterocycles. The number of thiophene rings is 1. The standard InChI is InChI=1S/C17H30N4OS/c1-14(2)16(21-8-10-22-11-9-21)13-20-17(18-3)19-7-6-15-5-4-12-23-15/h4-5,12,14,16H,6-11,13H2,1-3H3,(H2,18,19,20). The van der Waals surface area contributed by atoms with E-state index in [0.29, 0.717) is 12.0 Å². The second kappa shape index (κ2) is 9.90. The maximum absolute atomic E-state index is 5.47. The molecule has 5 nitrogen and oxygen atoms in total. The molecule has 1 aliphatic rings. The van der Waals surface area contributed by atoms with Crippen molar-refractivity contribution < 1.29 is 4.74 Å². The fraction of sp³-hybridized carbons (Fsp3) is 0.706. The van der Waals surface area contributed by atoms with Crippen molar-refractivity contribution in [3.8, 4) is 0 Å². The molecule has 23 heavy (non-hydrogen) atoms. The second-order valence-corrected chi connectivity index (χ2v) is 7.20. The first-order chi connectivity index (χ1) is 11.2. The summed E-state index contributed by atoms with van der Waals surface area (Å²) in [5.41, 5.74) is 0. The van der Waals surface area contributed by atoms with Gasteiger partial charge in [-0.25, -0.2) is 0 Å². The van der Waals surface area contributed by atoms with E-state index in [-0.39, 0.29) is 0 Å². The predicted octanol–water partition coefficient (Wildman–Crippen LogP) is 1.81. The van der Waals surface area contributed by atoms with E-state index < -0.39 is 0 Å². The van der Waals surface area contributed by atoms with Crippen LogP contribution in [0.15, 0.2) is 22.5 Å². The van der Waals surface area contributed by atoms with E-state index in [4.69, 9.17) is 4.74 Å². The van der Waals surface area contributed by atoms with Crippen LogP contribution in [0.25, 0.3) is 0 Å². The fourth-order valence-electron chi connectivity index (χ4n) is 2.88. The lowest BCUT2D eigenvalue weighted by Gasteiger charge is -2.37. The molecule has 0 aromatic carbocycles. The SMILES string of the molecule is CN=C(NCCc1cccs1)NCC(C(C)C)N1CCOCC1. The molecule has 2 rings (SSSR count). The van der Waals surface area contributed by atoms with Gasteiger partial charge in [0, 0.05) is 44.1 Å². The molecule has 0 radical (unpaired) electrons. The van der Waals surface area contributed by atoms with E-state index in [1.165, 1.54) is 4.88 Å². The lowest BCUT2D eigenvalue weighted by Crippen LogP contribution is -2.52. The van der Waals surface area contributed by atoms with E-state index in [9.17, 15) is 0 Å². The second-order valence-electron chi connectivity index (χ2n) is 6.17. The first-order valence-corrected chi connectivity index (χ1v) is 9.37. The van der Waals surface area contributed by atoms with Gasteiger partial charge < -0.3 is 15.4 Å². The van der Waals surface area contributed by atoms with Crippen LogP contribution in [-0.2, 0) is 11.2 Å². The van der Waals surface area contributed by atoms with Gasteiger partial charge in [0.2, 0.25) is 0 Å². The molecule has 1 fully saturated rings. The molecule has 1 unspecified atom stereocenters. The quantitative estimate of drug-likeness (QED) is 0.588. The van der Waals surface area contributed by atoms with E-state index in [1.807, 2.05) is 7.05 Å². The van der Waals surface area contributed by atoms with Crippen molar-refractivity contribution in [2.45, 2.75) is 26.3 Å². The van der Waals surface area contributed by atoms with Gasteiger partial charge in [-0.1, -0.05) is 19.9 Å². The Morgan fingerprint density at radius 2 is 2.13 bits per heavy atom. The molecule has 1 atom stereocenters. The molecule has 0 spiro atoms. The molecule has 1 aromatic rings. The van der Waals surface area contributed by atoms with Crippen LogP contribution in [0.5, 0.6) is 0 Å². The highest BCUT2D eigenvalue weighted by atomic mass is 32.1. The normalized spacial score (nSPS) is 18.2. The van der Waals surface area contributed by atoms with Crippen molar-refractivity contribution in [3.05, 3.63) is 22.4 Å². The van der Waals surface area contributed by atoms with Gasteiger partial charge in [-0.2, -0.15) is 0 Å². The Morgan fingerprint density at radius 1 is 1.35 bits per heavy atom. The summed E-state index contributed by atoms with van der Waals surface area (Å²) in [4.78, 5) is 8.27. The Hall–Kier alpha value is -1.11. The lowest BCUT2D eigenvalue weighted by molar-refractivity contribution is 0.00752.